The summed E-state index contributed by atoms with van der Waals surface area (Å²) in [6.45, 7) is 4.02. The number of hydrogen-bond donors (Lipinski definition) is 1. The number of nitrogens with zero attached hydrogens (tertiary/aromatic N) is 3. The van der Waals surface area contributed by atoms with Crippen LogP contribution in [0.2, 0.25) is 0 Å². The Kier molecular flexibility index (Phi) is 6.48. The van der Waals surface area contributed by atoms with E-state index in [0.29, 0.717) is 25.3 Å². The molecule has 4 rings (SSSR count). The summed E-state index contributed by atoms with van der Waals surface area (Å²) in [4.78, 5) is 25.5. The minimum absolute atomic E-state index is 0.114. The summed E-state index contributed by atoms with van der Waals surface area (Å²) in [5.74, 6) is -0.237. The van der Waals surface area contributed by atoms with E-state index in [0.717, 1.165) is 30.3 Å². The van der Waals surface area contributed by atoms with Crippen LogP contribution < -0.4 is 11.0 Å². The molecule has 0 bridgehead atoms. The highest BCUT2D eigenvalue weighted by atomic mass is 32.2. The summed E-state index contributed by atoms with van der Waals surface area (Å²) in [6.07, 6.45) is 2.74. The number of benzene rings is 2. The number of rotatable bonds is 8. The molecule has 1 aliphatic heterocycles. The van der Waals surface area contributed by atoms with E-state index in [-0.39, 0.29) is 29.5 Å². The Bertz CT molecular complexity index is 1270. The van der Waals surface area contributed by atoms with Gasteiger partial charge in [0.1, 0.15) is 0 Å². The molecule has 1 aromatic heterocycles. The van der Waals surface area contributed by atoms with E-state index in [1.807, 2.05) is 31.2 Å². The molecule has 0 saturated carbocycles. The molecule has 2 heterocycles. The molecule has 1 amide bonds. The number of aromatic nitrogens is 2. The molecule has 1 fully saturated rings. The number of fused-ring (bicyclic) bond motifs is 1. The highest BCUT2D eigenvalue weighted by Gasteiger charge is 2.27. The van der Waals surface area contributed by atoms with Gasteiger partial charge >= 0.3 is 5.69 Å². The molecule has 1 aliphatic rings. The van der Waals surface area contributed by atoms with E-state index in [1.165, 1.54) is 16.4 Å². The molecule has 9 heteroatoms. The Morgan fingerprint density at radius 3 is 2.12 bits per heavy atom. The number of para-hydroxylation sites is 2. The highest BCUT2D eigenvalue weighted by molar-refractivity contribution is 7.89. The zero-order chi connectivity index (χ0) is 22.7. The van der Waals surface area contributed by atoms with Crippen LogP contribution in [0, 0.1) is 0 Å². The van der Waals surface area contributed by atoms with E-state index in [4.69, 9.17) is 0 Å². The van der Waals surface area contributed by atoms with Crippen molar-refractivity contribution < 1.29 is 13.2 Å². The lowest BCUT2D eigenvalue weighted by Gasteiger charge is -2.15. The first-order valence-corrected chi connectivity index (χ1v) is 12.4. The first-order chi connectivity index (χ1) is 15.4. The first kappa shape index (κ1) is 22.3. The third-order valence-corrected chi connectivity index (χ3v) is 7.69. The van der Waals surface area contributed by atoms with Gasteiger partial charge in [-0.1, -0.05) is 19.1 Å². The monoisotopic (exact) mass is 456 g/mol. The van der Waals surface area contributed by atoms with Gasteiger partial charge in [0.25, 0.3) is 0 Å². The van der Waals surface area contributed by atoms with Crippen molar-refractivity contribution in [2.75, 3.05) is 18.4 Å². The largest absolute Gasteiger partial charge is 0.329 e. The molecular formula is C23H28N4O4S. The second-order valence-corrected chi connectivity index (χ2v) is 9.95. The zero-order valence-corrected chi connectivity index (χ0v) is 19.0. The van der Waals surface area contributed by atoms with Crippen molar-refractivity contribution >= 4 is 32.7 Å². The summed E-state index contributed by atoms with van der Waals surface area (Å²) in [5.41, 5.74) is 2.10. The minimum atomic E-state index is -3.48. The predicted molar refractivity (Wildman–Crippen MR) is 124 cm³/mol. The average Bonchev–Trinajstić information content (AvgIpc) is 3.42. The smallest absolute Gasteiger partial charge is 0.326 e. The van der Waals surface area contributed by atoms with Crippen molar-refractivity contribution in [1.29, 1.82) is 0 Å². The Hall–Kier alpha value is -2.91. The van der Waals surface area contributed by atoms with Crippen LogP contribution in [0.4, 0.5) is 5.69 Å². The van der Waals surface area contributed by atoms with Gasteiger partial charge in [-0.3, -0.25) is 13.9 Å². The van der Waals surface area contributed by atoms with Crippen LogP contribution in [0.1, 0.15) is 32.6 Å². The van der Waals surface area contributed by atoms with Gasteiger partial charge in [-0.25, -0.2) is 13.2 Å². The summed E-state index contributed by atoms with van der Waals surface area (Å²) < 4.78 is 30.1. The lowest BCUT2D eigenvalue weighted by atomic mass is 10.3. The molecule has 1 N–H and O–H groups in total. The second-order valence-electron chi connectivity index (χ2n) is 8.01. The van der Waals surface area contributed by atoms with Crippen LogP contribution in [-0.2, 0) is 27.9 Å². The maximum Gasteiger partial charge on any atom is 0.329 e. The van der Waals surface area contributed by atoms with Gasteiger partial charge in [-0.2, -0.15) is 4.31 Å². The van der Waals surface area contributed by atoms with Crippen LogP contribution in [0.5, 0.6) is 0 Å². The molecule has 1 saturated heterocycles. The number of amides is 1. The third-order valence-electron chi connectivity index (χ3n) is 5.78. The maximum absolute atomic E-state index is 12.8. The van der Waals surface area contributed by atoms with Crippen LogP contribution in [-0.4, -0.2) is 40.9 Å². The fourth-order valence-electron chi connectivity index (χ4n) is 4.15. The molecule has 8 nitrogen and oxygen atoms in total. The Balaban J connectivity index is 1.43. The number of imidazole rings is 1. The number of nitrogens with one attached hydrogen (secondary N) is 1. The van der Waals surface area contributed by atoms with E-state index < -0.39 is 10.0 Å². The molecule has 3 aromatic rings. The van der Waals surface area contributed by atoms with Crippen LogP contribution >= 0.6 is 0 Å². The molecular weight excluding hydrogens is 428 g/mol. The Labute approximate surface area is 187 Å². The minimum Gasteiger partial charge on any atom is -0.326 e. The quantitative estimate of drug-likeness (QED) is 0.564. The van der Waals surface area contributed by atoms with Crippen LogP contribution in [0.25, 0.3) is 11.0 Å². The lowest BCUT2D eigenvalue weighted by Crippen LogP contribution is -2.27. The summed E-state index contributed by atoms with van der Waals surface area (Å²) in [5, 5.41) is 2.79. The van der Waals surface area contributed by atoms with Gasteiger partial charge in [0.2, 0.25) is 15.9 Å². The number of aryl methyl sites for hydroxylation is 2. The van der Waals surface area contributed by atoms with Crippen molar-refractivity contribution in [3.63, 3.8) is 0 Å². The fourth-order valence-corrected chi connectivity index (χ4v) is 5.67. The third kappa shape index (κ3) is 4.35. The molecule has 0 aliphatic carbocycles. The van der Waals surface area contributed by atoms with Gasteiger partial charge in [-0.15, -0.1) is 0 Å². The number of carbonyl (C=O) groups is 1. The van der Waals surface area contributed by atoms with Crippen LogP contribution in [0.3, 0.4) is 0 Å². The van der Waals surface area contributed by atoms with Crippen molar-refractivity contribution in [2.45, 2.75) is 50.6 Å². The van der Waals surface area contributed by atoms with Gasteiger partial charge < -0.3 is 5.32 Å². The second kappa shape index (κ2) is 9.30. The lowest BCUT2D eigenvalue weighted by molar-refractivity contribution is -0.116. The fraction of sp³-hybridized carbons (Fsp3) is 0.391. The van der Waals surface area contributed by atoms with E-state index in [9.17, 15) is 18.0 Å². The molecule has 0 spiro atoms. The van der Waals surface area contributed by atoms with Gasteiger partial charge in [0, 0.05) is 38.3 Å². The van der Waals surface area contributed by atoms with E-state index in [2.05, 4.69) is 5.32 Å². The SMILES string of the molecule is CCCn1c(=O)n(CCC(=O)Nc2ccc(S(=O)(=O)N3CCCC3)cc2)c2ccccc21. The molecule has 32 heavy (non-hydrogen) atoms. The summed E-state index contributed by atoms with van der Waals surface area (Å²) in [7, 11) is -3.48. The maximum atomic E-state index is 12.8. The van der Waals surface area contributed by atoms with Crippen molar-refractivity contribution in [3.05, 3.63) is 59.0 Å². The molecule has 0 unspecified atom stereocenters. The van der Waals surface area contributed by atoms with Gasteiger partial charge in [0.15, 0.2) is 0 Å². The van der Waals surface area contributed by atoms with Crippen molar-refractivity contribution in [3.8, 4) is 0 Å². The van der Waals surface area contributed by atoms with Crippen molar-refractivity contribution in [2.24, 2.45) is 0 Å². The number of hydrogen-bond acceptors (Lipinski definition) is 4. The number of carbonyl (C=O) groups excluding carboxylic acids is 1. The summed E-state index contributed by atoms with van der Waals surface area (Å²) in [6, 6.07) is 13.8. The Morgan fingerprint density at radius 1 is 0.938 bits per heavy atom. The Morgan fingerprint density at radius 2 is 1.53 bits per heavy atom. The number of anilines is 1. The zero-order valence-electron chi connectivity index (χ0n) is 18.2. The topological polar surface area (TPSA) is 93.4 Å². The number of sulfonamides is 1. The molecule has 2 aromatic carbocycles. The predicted octanol–water partition coefficient (Wildman–Crippen LogP) is 3.03. The molecule has 0 radical (unpaired) electrons. The first-order valence-electron chi connectivity index (χ1n) is 11.0. The van der Waals surface area contributed by atoms with Gasteiger partial charge in [0.05, 0.1) is 15.9 Å². The normalized spacial score (nSPS) is 14.8. The van der Waals surface area contributed by atoms with E-state index >= 15 is 0 Å². The standard InChI is InChI=1S/C23H28N4O4S/c1-2-14-26-20-7-3-4-8-21(20)27(23(26)29)17-13-22(28)24-18-9-11-19(12-10-18)32(30,31)25-15-5-6-16-25/h3-4,7-12H,2,5-6,13-17H2,1H3,(H,24,28). The van der Waals surface area contributed by atoms with Crippen molar-refractivity contribution in [1.82, 2.24) is 13.4 Å². The van der Waals surface area contributed by atoms with E-state index in [1.54, 1.807) is 21.3 Å². The average molecular weight is 457 g/mol. The molecule has 0 atom stereocenters. The van der Waals surface area contributed by atoms with Gasteiger partial charge in [-0.05, 0) is 55.7 Å². The van der Waals surface area contributed by atoms with Crippen LogP contribution in [0.15, 0.2) is 58.2 Å². The summed E-state index contributed by atoms with van der Waals surface area (Å²) >= 11 is 0. The highest BCUT2D eigenvalue weighted by Crippen LogP contribution is 2.22. The molecule has 170 valence electrons.